The lowest BCUT2D eigenvalue weighted by atomic mass is 9.85. The lowest BCUT2D eigenvalue weighted by Gasteiger charge is -2.32. The van der Waals surface area contributed by atoms with Crippen LogP contribution in [-0.4, -0.2) is 12.2 Å². The summed E-state index contributed by atoms with van der Waals surface area (Å²) in [5.41, 5.74) is 4.48. The van der Waals surface area contributed by atoms with Crippen LogP contribution in [0.25, 0.3) is 0 Å². The van der Waals surface area contributed by atoms with Crippen molar-refractivity contribution < 1.29 is 4.74 Å². The fourth-order valence-corrected chi connectivity index (χ4v) is 3.25. The minimum atomic E-state index is 0.398. The predicted octanol–water partition coefficient (Wildman–Crippen LogP) is 2.96. The van der Waals surface area contributed by atoms with Crippen molar-refractivity contribution in [3.63, 3.8) is 0 Å². The zero-order chi connectivity index (χ0) is 11.8. The summed E-state index contributed by atoms with van der Waals surface area (Å²) in [5.74, 6) is 0.680. The minimum absolute atomic E-state index is 0.398. The Balaban J connectivity index is 1.83. The number of rotatable bonds is 1. The molecule has 2 unspecified atom stereocenters. The molecule has 1 saturated heterocycles. The van der Waals surface area contributed by atoms with Crippen LogP contribution in [0.4, 0.5) is 0 Å². The lowest BCUT2D eigenvalue weighted by molar-refractivity contribution is -0.0380. The van der Waals surface area contributed by atoms with Gasteiger partial charge >= 0.3 is 0 Å². The topological polar surface area (TPSA) is 21.3 Å². The smallest absolute Gasteiger partial charge is 0.0556 e. The standard InChI is InChI=1S/C15H21NO/c1-10-5-14(6-11(2)17-10)12-3-4-13-8-16-9-15(13)7-12/h3-4,7,10-11,14,16H,5-6,8-9H2,1-2H3. The third kappa shape index (κ3) is 2.24. The molecule has 0 saturated carbocycles. The van der Waals surface area contributed by atoms with Gasteiger partial charge in [0.2, 0.25) is 0 Å². The van der Waals surface area contributed by atoms with E-state index in [2.05, 4.69) is 37.4 Å². The van der Waals surface area contributed by atoms with Crippen LogP contribution in [0, 0.1) is 0 Å². The number of nitrogens with one attached hydrogen (secondary N) is 1. The van der Waals surface area contributed by atoms with Crippen LogP contribution >= 0.6 is 0 Å². The molecule has 1 aromatic carbocycles. The highest BCUT2D eigenvalue weighted by molar-refractivity contribution is 5.36. The van der Waals surface area contributed by atoms with Gasteiger partial charge in [0, 0.05) is 13.1 Å². The first-order valence-electron chi connectivity index (χ1n) is 6.70. The Kier molecular flexibility index (Phi) is 2.93. The van der Waals surface area contributed by atoms with Gasteiger partial charge in [0.1, 0.15) is 0 Å². The first kappa shape index (κ1) is 11.2. The van der Waals surface area contributed by atoms with Gasteiger partial charge in [-0.05, 0) is 49.3 Å². The van der Waals surface area contributed by atoms with E-state index in [0.717, 1.165) is 25.9 Å². The molecule has 2 nitrogen and oxygen atoms in total. The van der Waals surface area contributed by atoms with Crippen molar-refractivity contribution in [3.05, 3.63) is 34.9 Å². The number of hydrogen-bond acceptors (Lipinski definition) is 2. The zero-order valence-electron chi connectivity index (χ0n) is 10.7. The fraction of sp³-hybridized carbons (Fsp3) is 0.600. The van der Waals surface area contributed by atoms with Crippen LogP contribution in [0.15, 0.2) is 18.2 Å². The Morgan fingerprint density at radius 1 is 1.06 bits per heavy atom. The molecule has 1 N–H and O–H groups in total. The highest BCUT2D eigenvalue weighted by Gasteiger charge is 2.26. The summed E-state index contributed by atoms with van der Waals surface area (Å²) in [5, 5.41) is 3.41. The van der Waals surface area contributed by atoms with E-state index in [1.54, 1.807) is 0 Å². The molecule has 2 aliphatic heterocycles. The summed E-state index contributed by atoms with van der Waals surface area (Å²) >= 11 is 0. The molecule has 0 aliphatic carbocycles. The summed E-state index contributed by atoms with van der Waals surface area (Å²) < 4.78 is 5.82. The van der Waals surface area contributed by atoms with Crippen LogP contribution in [0.2, 0.25) is 0 Å². The van der Waals surface area contributed by atoms with Crippen LogP contribution < -0.4 is 5.32 Å². The first-order valence-corrected chi connectivity index (χ1v) is 6.70. The molecule has 2 atom stereocenters. The maximum atomic E-state index is 5.82. The van der Waals surface area contributed by atoms with Crippen LogP contribution in [0.3, 0.4) is 0 Å². The molecule has 2 heterocycles. The van der Waals surface area contributed by atoms with Gasteiger partial charge in [0.25, 0.3) is 0 Å². The predicted molar refractivity (Wildman–Crippen MR) is 69.0 cm³/mol. The summed E-state index contributed by atoms with van der Waals surface area (Å²) in [6, 6.07) is 7.03. The van der Waals surface area contributed by atoms with Gasteiger partial charge in [-0.3, -0.25) is 0 Å². The van der Waals surface area contributed by atoms with Crippen molar-refractivity contribution in [1.29, 1.82) is 0 Å². The maximum absolute atomic E-state index is 5.82. The van der Waals surface area contributed by atoms with E-state index < -0.39 is 0 Å². The molecule has 3 rings (SSSR count). The Morgan fingerprint density at radius 3 is 2.53 bits per heavy atom. The summed E-state index contributed by atoms with van der Waals surface area (Å²) in [4.78, 5) is 0. The van der Waals surface area contributed by atoms with Gasteiger partial charge in [0.05, 0.1) is 12.2 Å². The van der Waals surface area contributed by atoms with Gasteiger partial charge in [-0.15, -0.1) is 0 Å². The average Bonchev–Trinajstić information content (AvgIpc) is 2.74. The van der Waals surface area contributed by atoms with E-state index in [0.29, 0.717) is 18.1 Å². The Morgan fingerprint density at radius 2 is 1.76 bits per heavy atom. The Bertz CT molecular complexity index is 405. The van der Waals surface area contributed by atoms with Crippen molar-refractivity contribution in [3.8, 4) is 0 Å². The highest BCUT2D eigenvalue weighted by atomic mass is 16.5. The second-order valence-corrected chi connectivity index (χ2v) is 5.56. The van der Waals surface area contributed by atoms with E-state index in [1.807, 2.05) is 0 Å². The quantitative estimate of drug-likeness (QED) is 0.802. The largest absolute Gasteiger partial charge is 0.376 e. The third-order valence-corrected chi connectivity index (χ3v) is 4.03. The molecule has 17 heavy (non-hydrogen) atoms. The average molecular weight is 231 g/mol. The molecule has 0 aromatic heterocycles. The van der Waals surface area contributed by atoms with Crippen LogP contribution in [0.1, 0.15) is 49.3 Å². The van der Waals surface area contributed by atoms with Crippen LogP contribution in [-0.2, 0) is 17.8 Å². The van der Waals surface area contributed by atoms with Gasteiger partial charge in [-0.1, -0.05) is 18.2 Å². The van der Waals surface area contributed by atoms with E-state index in [9.17, 15) is 0 Å². The van der Waals surface area contributed by atoms with Gasteiger partial charge in [-0.25, -0.2) is 0 Å². The second kappa shape index (κ2) is 4.43. The number of hydrogen-bond donors (Lipinski definition) is 1. The molecule has 0 bridgehead atoms. The second-order valence-electron chi connectivity index (χ2n) is 5.56. The fourth-order valence-electron chi connectivity index (χ4n) is 3.25. The van der Waals surface area contributed by atoms with Crippen molar-refractivity contribution in [2.45, 2.75) is 57.9 Å². The normalized spacial score (nSPS) is 32.5. The van der Waals surface area contributed by atoms with Crippen molar-refractivity contribution in [1.82, 2.24) is 5.32 Å². The molecule has 0 radical (unpaired) electrons. The molecule has 1 fully saturated rings. The summed E-state index contributed by atoms with van der Waals surface area (Å²) in [6.07, 6.45) is 3.12. The molecule has 2 aliphatic rings. The Labute approximate surface area is 103 Å². The van der Waals surface area contributed by atoms with E-state index in [1.165, 1.54) is 16.7 Å². The number of benzene rings is 1. The maximum Gasteiger partial charge on any atom is 0.0556 e. The summed E-state index contributed by atoms with van der Waals surface area (Å²) in [7, 11) is 0. The van der Waals surface area contributed by atoms with Crippen LogP contribution in [0.5, 0.6) is 0 Å². The minimum Gasteiger partial charge on any atom is -0.376 e. The van der Waals surface area contributed by atoms with Crippen molar-refractivity contribution in [2.75, 3.05) is 0 Å². The molecule has 0 amide bonds. The van der Waals surface area contributed by atoms with Gasteiger partial charge in [-0.2, -0.15) is 0 Å². The highest BCUT2D eigenvalue weighted by Crippen LogP contribution is 2.34. The molecule has 2 heteroatoms. The van der Waals surface area contributed by atoms with Crippen molar-refractivity contribution >= 4 is 0 Å². The first-order chi connectivity index (χ1) is 8.22. The molecular formula is C15H21NO. The number of fused-ring (bicyclic) bond motifs is 1. The van der Waals surface area contributed by atoms with E-state index in [4.69, 9.17) is 4.74 Å². The van der Waals surface area contributed by atoms with Gasteiger partial charge in [0.15, 0.2) is 0 Å². The monoisotopic (exact) mass is 231 g/mol. The SMILES string of the molecule is CC1CC(c2ccc3c(c2)CNC3)CC(C)O1. The van der Waals surface area contributed by atoms with Crippen molar-refractivity contribution in [2.24, 2.45) is 0 Å². The lowest BCUT2D eigenvalue weighted by Crippen LogP contribution is -2.28. The third-order valence-electron chi connectivity index (χ3n) is 4.03. The Hall–Kier alpha value is -0.860. The number of ether oxygens (including phenoxy) is 1. The molecule has 92 valence electrons. The molecular weight excluding hydrogens is 210 g/mol. The van der Waals surface area contributed by atoms with Gasteiger partial charge < -0.3 is 10.1 Å². The van der Waals surface area contributed by atoms with E-state index in [-0.39, 0.29) is 0 Å². The summed E-state index contributed by atoms with van der Waals surface area (Å²) in [6.45, 7) is 6.46. The molecule has 1 aromatic rings. The zero-order valence-corrected chi connectivity index (χ0v) is 10.7. The van der Waals surface area contributed by atoms with E-state index >= 15 is 0 Å². The molecule has 0 spiro atoms.